The minimum atomic E-state index is -4.46. The number of nitrogens with zero attached hydrogens (tertiary/aromatic N) is 2. The molecule has 2 nitrogen and oxygen atoms in total. The van der Waals surface area contributed by atoms with Gasteiger partial charge in [0.2, 0.25) is 5.82 Å². The summed E-state index contributed by atoms with van der Waals surface area (Å²) in [6.07, 6.45) is -1.89. The predicted octanol–water partition coefficient (Wildman–Crippen LogP) is 2.07. The lowest BCUT2D eigenvalue weighted by Crippen LogP contribution is -2.11. The molecule has 1 rings (SSSR count). The Morgan fingerprint density at radius 3 is 2.58 bits per heavy atom. The predicted molar refractivity (Wildman–Crippen MR) is 36.1 cm³/mol. The number of alkyl halides is 3. The van der Waals surface area contributed by atoms with E-state index in [2.05, 4.69) is 9.97 Å². The van der Waals surface area contributed by atoms with Crippen LogP contribution < -0.4 is 0 Å². The van der Waals surface area contributed by atoms with Gasteiger partial charge in [0.1, 0.15) is 0 Å². The van der Waals surface area contributed by atoms with Crippen LogP contribution in [0.1, 0.15) is 18.4 Å². The fourth-order valence-electron chi connectivity index (χ4n) is 0.670. The molecule has 0 aliphatic heterocycles. The second-order valence-electron chi connectivity index (χ2n) is 2.09. The summed E-state index contributed by atoms with van der Waals surface area (Å²) in [4.78, 5) is 6.37. The van der Waals surface area contributed by atoms with Crippen LogP contribution in [-0.4, -0.2) is 9.97 Å². The van der Waals surface area contributed by atoms with Crippen LogP contribution in [0.25, 0.3) is 0 Å². The van der Waals surface area contributed by atoms with E-state index < -0.39 is 12.0 Å². The molecule has 0 aliphatic carbocycles. The summed E-state index contributed by atoms with van der Waals surface area (Å²) >= 11 is 0. The van der Waals surface area contributed by atoms with E-state index in [9.17, 15) is 13.2 Å². The maximum Gasteiger partial charge on any atom is 0.451 e. The van der Waals surface area contributed by atoms with Crippen molar-refractivity contribution in [3.05, 3.63) is 30.2 Å². The van der Waals surface area contributed by atoms with Gasteiger partial charge in [-0.3, -0.25) is 0 Å². The van der Waals surface area contributed by atoms with Gasteiger partial charge < -0.3 is 0 Å². The van der Waals surface area contributed by atoms with Gasteiger partial charge in [0.25, 0.3) is 0 Å². The molecule has 0 bridgehead atoms. The molecule has 1 heterocycles. The standard InChI is InChI=1S/C7H6F3N2/c1-2-5-3-4-11-6(12-5)7(8,9)10/h2-4H,1H3. The monoisotopic (exact) mass is 175 g/mol. The summed E-state index contributed by atoms with van der Waals surface area (Å²) in [5.74, 6) is -1.10. The van der Waals surface area contributed by atoms with E-state index in [1.54, 1.807) is 6.92 Å². The Bertz CT molecular complexity index is 270. The Morgan fingerprint density at radius 1 is 1.42 bits per heavy atom. The summed E-state index contributed by atoms with van der Waals surface area (Å²) in [7, 11) is 0. The first-order valence-electron chi connectivity index (χ1n) is 3.23. The van der Waals surface area contributed by atoms with Crippen molar-refractivity contribution in [2.24, 2.45) is 0 Å². The first kappa shape index (κ1) is 8.96. The summed E-state index contributed by atoms with van der Waals surface area (Å²) < 4.78 is 35.9. The summed E-state index contributed by atoms with van der Waals surface area (Å²) in [6.45, 7) is 1.61. The molecule has 65 valence electrons. The number of aromatic nitrogens is 2. The molecule has 1 radical (unpaired) electrons. The molecule has 12 heavy (non-hydrogen) atoms. The van der Waals surface area contributed by atoms with Gasteiger partial charge in [0.15, 0.2) is 0 Å². The maximum absolute atomic E-state index is 12.0. The van der Waals surface area contributed by atoms with Crippen molar-refractivity contribution < 1.29 is 13.2 Å². The van der Waals surface area contributed by atoms with Gasteiger partial charge in [-0.1, -0.05) is 6.92 Å². The van der Waals surface area contributed by atoms with Crippen LogP contribution in [0.5, 0.6) is 0 Å². The zero-order valence-electron chi connectivity index (χ0n) is 6.26. The van der Waals surface area contributed by atoms with Gasteiger partial charge in [-0.15, -0.1) is 0 Å². The molecule has 5 heteroatoms. The number of rotatable bonds is 1. The lowest BCUT2D eigenvalue weighted by molar-refractivity contribution is -0.145. The first-order valence-corrected chi connectivity index (χ1v) is 3.23. The molecule has 0 atom stereocenters. The van der Waals surface area contributed by atoms with E-state index in [0.29, 0.717) is 0 Å². The van der Waals surface area contributed by atoms with Gasteiger partial charge in [-0.25, -0.2) is 9.97 Å². The van der Waals surface area contributed by atoms with E-state index in [0.717, 1.165) is 6.20 Å². The SMILES string of the molecule is C[CH]c1ccnc(C(F)(F)F)n1. The highest BCUT2D eigenvalue weighted by Crippen LogP contribution is 2.25. The molecular formula is C7H6F3N2. The average molecular weight is 175 g/mol. The average Bonchev–Trinajstić information content (AvgIpc) is 2.03. The van der Waals surface area contributed by atoms with Crippen molar-refractivity contribution in [1.82, 2.24) is 9.97 Å². The molecular weight excluding hydrogens is 169 g/mol. The van der Waals surface area contributed by atoms with Crippen LogP contribution in [0.2, 0.25) is 0 Å². The summed E-state index contributed by atoms with van der Waals surface area (Å²) in [6, 6.07) is 1.41. The molecule has 1 aromatic rings. The van der Waals surface area contributed by atoms with Gasteiger partial charge in [0, 0.05) is 18.3 Å². The number of hydrogen-bond acceptors (Lipinski definition) is 2. The molecule has 0 saturated carbocycles. The van der Waals surface area contributed by atoms with Crippen molar-refractivity contribution >= 4 is 0 Å². The van der Waals surface area contributed by atoms with Crippen molar-refractivity contribution in [3.8, 4) is 0 Å². The van der Waals surface area contributed by atoms with E-state index in [1.807, 2.05) is 0 Å². The van der Waals surface area contributed by atoms with E-state index in [4.69, 9.17) is 0 Å². The molecule has 0 unspecified atom stereocenters. The Labute approximate surface area is 67.5 Å². The summed E-state index contributed by atoms with van der Waals surface area (Å²) in [5, 5.41) is 0. The van der Waals surface area contributed by atoms with Crippen LogP contribution in [-0.2, 0) is 6.18 Å². The Balaban J connectivity index is 3.02. The zero-order valence-corrected chi connectivity index (χ0v) is 6.26. The number of halogens is 3. The van der Waals surface area contributed by atoms with Crippen LogP contribution in [0, 0.1) is 6.42 Å². The Morgan fingerprint density at radius 2 is 2.08 bits per heavy atom. The molecule has 0 fully saturated rings. The van der Waals surface area contributed by atoms with Crippen LogP contribution >= 0.6 is 0 Å². The minimum Gasteiger partial charge on any atom is -0.233 e. The number of hydrogen-bond donors (Lipinski definition) is 0. The second kappa shape index (κ2) is 3.08. The molecule has 1 aromatic heterocycles. The smallest absolute Gasteiger partial charge is 0.233 e. The van der Waals surface area contributed by atoms with Crippen LogP contribution in [0.4, 0.5) is 13.2 Å². The third-order valence-corrected chi connectivity index (χ3v) is 1.23. The topological polar surface area (TPSA) is 25.8 Å². The lowest BCUT2D eigenvalue weighted by atomic mass is 10.3. The van der Waals surface area contributed by atoms with Crippen molar-refractivity contribution in [1.29, 1.82) is 0 Å². The molecule has 0 saturated heterocycles. The second-order valence-corrected chi connectivity index (χ2v) is 2.09. The van der Waals surface area contributed by atoms with Gasteiger partial charge in [-0.05, 0) is 6.07 Å². The van der Waals surface area contributed by atoms with Crippen LogP contribution in [0.15, 0.2) is 12.3 Å². The molecule has 0 spiro atoms. The largest absolute Gasteiger partial charge is 0.451 e. The molecule has 0 amide bonds. The highest BCUT2D eigenvalue weighted by Gasteiger charge is 2.34. The van der Waals surface area contributed by atoms with Gasteiger partial charge in [-0.2, -0.15) is 13.2 Å². The van der Waals surface area contributed by atoms with Crippen molar-refractivity contribution in [2.75, 3.05) is 0 Å². The highest BCUT2D eigenvalue weighted by molar-refractivity contribution is 5.11. The van der Waals surface area contributed by atoms with Crippen molar-refractivity contribution in [2.45, 2.75) is 13.1 Å². The molecule has 0 N–H and O–H groups in total. The van der Waals surface area contributed by atoms with E-state index in [1.165, 1.54) is 12.5 Å². The Hall–Kier alpha value is -1.13. The third-order valence-electron chi connectivity index (χ3n) is 1.23. The first-order chi connectivity index (χ1) is 5.54. The fraction of sp³-hybridized carbons (Fsp3) is 0.286. The van der Waals surface area contributed by atoms with E-state index in [-0.39, 0.29) is 5.69 Å². The van der Waals surface area contributed by atoms with E-state index >= 15 is 0 Å². The normalized spacial score (nSPS) is 11.7. The summed E-state index contributed by atoms with van der Waals surface area (Å²) in [5.41, 5.74) is 0.275. The Kier molecular flexibility index (Phi) is 2.30. The quantitative estimate of drug-likeness (QED) is 0.652. The lowest BCUT2D eigenvalue weighted by Gasteiger charge is -2.04. The van der Waals surface area contributed by atoms with Crippen molar-refractivity contribution in [3.63, 3.8) is 0 Å². The van der Waals surface area contributed by atoms with Gasteiger partial charge >= 0.3 is 6.18 Å². The highest BCUT2D eigenvalue weighted by atomic mass is 19.4. The molecule has 0 aromatic carbocycles. The minimum absolute atomic E-state index is 0.275. The third kappa shape index (κ3) is 1.93. The van der Waals surface area contributed by atoms with Crippen LogP contribution in [0.3, 0.4) is 0 Å². The van der Waals surface area contributed by atoms with Gasteiger partial charge in [0.05, 0.1) is 0 Å². The fourth-order valence-corrected chi connectivity index (χ4v) is 0.670. The maximum atomic E-state index is 12.0. The zero-order chi connectivity index (χ0) is 9.19. The molecule has 0 aliphatic rings.